The van der Waals surface area contributed by atoms with Crippen LogP contribution in [0.25, 0.3) is 11.1 Å². The van der Waals surface area contributed by atoms with Gasteiger partial charge in [0.25, 0.3) is 0 Å². The van der Waals surface area contributed by atoms with E-state index in [1.807, 2.05) is 43.3 Å². The second-order valence-corrected chi connectivity index (χ2v) is 9.45. The number of unbranched alkanes of at least 4 members (excludes halogenated alkanes) is 2. The Morgan fingerprint density at radius 2 is 1.68 bits per heavy atom. The van der Waals surface area contributed by atoms with Gasteiger partial charge in [0.05, 0.1) is 5.56 Å². The van der Waals surface area contributed by atoms with Crippen molar-refractivity contribution in [2.45, 2.75) is 51.0 Å². The Labute approximate surface area is 184 Å². The molecule has 6 heteroatoms. The Kier molecular flexibility index (Phi) is 7.36. The average molecular weight is 440 g/mol. The number of benzene rings is 3. The summed E-state index contributed by atoms with van der Waals surface area (Å²) in [6.45, 7) is 4.07. The lowest BCUT2D eigenvalue weighted by molar-refractivity contribution is 0.439. The van der Waals surface area contributed by atoms with E-state index in [-0.39, 0.29) is 22.8 Å². The molecule has 0 radical (unpaired) electrons. The number of phenolic OH excluding ortho intramolecular Hbond substituents is 2. The molecule has 0 saturated carbocycles. The Balaban J connectivity index is 2.09. The molecule has 0 aliphatic rings. The summed E-state index contributed by atoms with van der Waals surface area (Å²) in [6, 6.07) is 17.9. The van der Waals surface area contributed by atoms with Gasteiger partial charge in [0.2, 0.25) is 10.0 Å². The van der Waals surface area contributed by atoms with Crippen LogP contribution in [0.3, 0.4) is 0 Å². The van der Waals surface area contributed by atoms with Crippen molar-refractivity contribution in [3.63, 3.8) is 0 Å². The van der Waals surface area contributed by atoms with Gasteiger partial charge in [-0.1, -0.05) is 79.9 Å². The van der Waals surface area contributed by atoms with Crippen LogP contribution in [0.2, 0.25) is 0 Å². The molecule has 0 aliphatic carbocycles. The van der Waals surface area contributed by atoms with Crippen molar-refractivity contribution < 1.29 is 18.6 Å². The first-order chi connectivity index (χ1) is 14.8. The summed E-state index contributed by atoms with van der Waals surface area (Å²) in [5.74, 6) is -0.547. The summed E-state index contributed by atoms with van der Waals surface area (Å²) in [6.07, 6.45) is 3.12. The summed E-state index contributed by atoms with van der Waals surface area (Å²) >= 11 is 0. The van der Waals surface area contributed by atoms with Crippen LogP contribution in [0.4, 0.5) is 0 Å². The molecular formula is C25H29NO4S. The van der Waals surface area contributed by atoms with Gasteiger partial charge in [-0.3, -0.25) is 0 Å². The van der Waals surface area contributed by atoms with E-state index >= 15 is 0 Å². The van der Waals surface area contributed by atoms with Crippen LogP contribution in [0, 0.1) is 6.92 Å². The zero-order valence-electron chi connectivity index (χ0n) is 17.9. The van der Waals surface area contributed by atoms with Crippen molar-refractivity contribution in [1.29, 1.82) is 0 Å². The first-order valence-corrected chi connectivity index (χ1v) is 12.0. The van der Waals surface area contributed by atoms with E-state index < -0.39 is 15.8 Å². The van der Waals surface area contributed by atoms with Crippen LogP contribution in [0.1, 0.15) is 42.9 Å². The van der Waals surface area contributed by atoms with Crippen LogP contribution >= 0.6 is 0 Å². The lowest BCUT2D eigenvalue weighted by Gasteiger charge is -2.18. The molecule has 0 atom stereocenters. The molecule has 164 valence electrons. The van der Waals surface area contributed by atoms with Gasteiger partial charge in [-0.2, -0.15) is 0 Å². The monoisotopic (exact) mass is 439 g/mol. The van der Waals surface area contributed by atoms with Gasteiger partial charge in [-0.25, -0.2) is 13.1 Å². The van der Waals surface area contributed by atoms with Crippen molar-refractivity contribution >= 4 is 10.0 Å². The van der Waals surface area contributed by atoms with Gasteiger partial charge in [0.1, 0.15) is 16.4 Å². The smallest absolute Gasteiger partial charge is 0.244 e. The molecule has 0 heterocycles. The van der Waals surface area contributed by atoms with Gasteiger partial charge in [0, 0.05) is 6.54 Å². The van der Waals surface area contributed by atoms with Crippen LogP contribution in [-0.4, -0.2) is 18.6 Å². The Bertz CT molecular complexity index is 1140. The molecule has 0 bridgehead atoms. The fourth-order valence-corrected chi connectivity index (χ4v) is 5.04. The number of sulfonamides is 1. The molecular weight excluding hydrogens is 410 g/mol. The van der Waals surface area contributed by atoms with Crippen LogP contribution in [0.5, 0.6) is 11.5 Å². The molecule has 0 fully saturated rings. The molecule has 0 spiro atoms. The second kappa shape index (κ2) is 9.98. The fraction of sp³-hybridized carbons (Fsp3) is 0.280. The third-order valence-corrected chi connectivity index (χ3v) is 6.76. The van der Waals surface area contributed by atoms with Gasteiger partial charge in [-0.05, 0) is 42.5 Å². The number of aromatic hydroxyl groups is 2. The molecule has 0 aromatic heterocycles. The first kappa shape index (κ1) is 22.8. The maximum Gasteiger partial charge on any atom is 0.244 e. The molecule has 3 aromatic rings. The van der Waals surface area contributed by atoms with Crippen molar-refractivity contribution in [1.82, 2.24) is 4.72 Å². The second-order valence-electron chi connectivity index (χ2n) is 7.74. The minimum absolute atomic E-state index is 0.109. The van der Waals surface area contributed by atoms with Crippen molar-refractivity contribution in [2.75, 3.05) is 0 Å². The number of aryl methyl sites for hydroxylation is 2. The van der Waals surface area contributed by atoms with E-state index in [4.69, 9.17) is 0 Å². The summed E-state index contributed by atoms with van der Waals surface area (Å²) in [4.78, 5) is -0.158. The largest absolute Gasteiger partial charge is 0.507 e. The molecule has 31 heavy (non-hydrogen) atoms. The standard InChI is InChI=1S/C25H29NO4S/c1-3-4-6-13-21-16-22(27)23(20-14-9-10-18(2)15-20)24(28)25(21)31(29,30)26-17-19-11-7-5-8-12-19/h5,7-12,14-16,26-28H,3-4,6,13,17H2,1-2H3. The maximum absolute atomic E-state index is 13.3. The highest BCUT2D eigenvalue weighted by Gasteiger charge is 2.28. The molecule has 0 amide bonds. The average Bonchev–Trinajstić information content (AvgIpc) is 2.73. The summed E-state index contributed by atoms with van der Waals surface area (Å²) < 4.78 is 29.2. The van der Waals surface area contributed by atoms with Crippen molar-refractivity contribution in [3.8, 4) is 22.6 Å². The Hall–Kier alpha value is -2.83. The van der Waals surface area contributed by atoms with Gasteiger partial charge >= 0.3 is 0 Å². The van der Waals surface area contributed by atoms with Crippen molar-refractivity contribution in [2.24, 2.45) is 0 Å². The number of phenols is 2. The summed E-state index contributed by atoms with van der Waals surface area (Å²) in [5.41, 5.74) is 2.86. The predicted molar refractivity (Wildman–Crippen MR) is 124 cm³/mol. The van der Waals surface area contributed by atoms with E-state index in [0.29, 0.717) is 17.5 Å². The van der Waals surface area contributed by atoms with Crippen LogP contribution in [0.15, 0.2) is 65.6 Å². The van der Waals surface area contributed by atoms with E-state index in [2.05, 4.69) is 11.6 Å². The van der Waals surface area contributed by atoms with Gasteiger partial charge < -0.3 is 10.2 Å². The van der Waals surface area contributed by atoms with E-state index in [1.165, 1.54) is 6.07 Å². The Morgan fingerprint density at radius 3 is 2.35 bits per heavy atom. The molecule has 5 nitrogen and oxygen atoms in total. The highest BCUT2D eigenvalue weighted by molar-refractivity contribution is 7.89. The normalized spacial score (nSPS) is 11.5. The van der Waals surface area contributed by atoms with Crippen LogP contribution in [-0.2, 0) is 23.0 Å². The lowest BCUT2D eigenvalue weighted by Crippen LogP contribution is -2.24. The minimum Gasteiger partial charge on any atom is -0.507 e. The first-order valence-electron chi connectivity index (χ1n) is 10.5. The van der Waals surface area contributed by atoms with E-state index in [0.717, 1.165) is 30.4 Å². The van der Waals surface area contributed by atoms with Gasteiger partial charge in [0.15, 0.2) is 0 Å². The minimum atomic E-state index is -4.03. The highest BCUT2D eigenvalue weighted by Crippen LogP contribution is 2.44. The zero-order chi connectivity index (χ0) is 22.4. The molecule has 3 aromatic carbocycles. The molecule has 3 rings (SSSR count). The van der Waals surface area contributed by atoms with Crippen molar-refractivity contribution in [3.05, 3.63) is 77.4 Å². The summed E-state index contributed by atoms with van der Waals surface area (Å²) in [7, 11) is -4.03. The highest BCUT2D eigenvalue weighted by atomic mass is 32.2. The third-order valence-electron chi connectivity index (χ3n) is 5.24. The number of nitrogens with one attached hydrogen (secondary N) is 1. The van der Waals surface area contributed by atoms with Gasteiger partial charge in [-0.15, -0.1) is 0 Å². The maximum atomic E-state index is 13.3. The predicted octanol–water partition coefficient (Wildman–Crippen LogP) is 5.28. The molecule has 0 saturated heterocycles. The topological polar surface area (TPSA) is 86.6 Å². The van der Waals surface area contributed by atoms with E-state index in [1.54, 1.807) is 18.2 Å². The number of hydrogen-bond donors (Lipinski definition) is 3. The third kappa shape index (κ3) is 5.46. The molecule has 0 aliphatic heterocycles. The fourth-order valence-electron chi connectivity index (χ4n) is 3.67. The number of rotatable bonds is 9. The summed E-state index contributed by atoms with van der Waals surface area (Å²) in [5, 5.41) is 21.8. The molecule has 3 N–H and O–H groups in total. The van der Waals surface area contributed by atoms with Crippen LogP contribution < -0.4 is 4.72 Å². The Morgan fingerprint density at radius 1 is 0.935 bits per heavy atom. The SMILES string of the molecule is CCCCCc1cc(O)c(-c2cccc(C)c2)c(O)c1S(=O)(=O)NCc1ccccc1. The molecule has 0 unspecified atom stereocenters. The number of hydrogen-bond acceptors (Lipinski definition) is 4. The quantitative estimate of drug-likeness (QED) is 0.396. The zero-order valence-corrected chi connectivity index (χ0v) is 18.7. The lowest BCUT2D eigenvalue weighted by atomic mass is 9.97. The van der Waals surface area contributed by atoms with E-state index in [9.17, 15) is 18.6 Å².